The molecule has 0 bridgehead atoms. The number of carbonyl (C=O) groups is 4. The average molecular weight is 497 g/mol. The van der Waals surface area contributed by atoms with Crippen molar-refractivity contribution in [3.63, 3.8) is 0 Å². The third kappa shape index (κ3) is 6.06. The second-order valence-corrected chi connectivity index (χ2v) is 11.3. The molecule has 0 aliphatic carbocycles. The Hall–Kier alpha value is -2.40. The van der Waals surface area contributed by atoms with Crippen molar-refractivity contribution in [2.75, 3.05) is 46.9 Å². The molecule has 3 aliphatic rings. The minimum absolute atomic E-state index is 0.0187. The van der Waals surface area contributed by atoms with E-state index in [1.807, 2.05) is 0 Å². The number of nitrogens with one attached hydrogen (secondary N) is 1. The van der Waals surface area contributed by atoms with Crippen molar-refractivity contribution in [1.82, 2.24) is 20.0 Å². The highest BCUT2D eigenvalue weighted by Crippen LogP contribution is 2.38. The van der Waals surface area contributed by atoms with Gasteiger partial charge in [-0.3, -0.25) is 14.4 Å². The summed E-state index contributed by atoms with van der Waals surface area (Å²) in [6.07, 6.45) is -0.408. The zero-order chi connectivity index (χ0) is 26.1. The first-order chi connectivity index (χ1) is 16.2. The molecule has 3 fully saturated rings. The number of aliphatic hydroxyl groups excluding tert-OH is 1. The molecule has 11 heteroatoms. The fraction of sp³-hybridized carbons (Fsp3) is 0.833. The lowest BCUT2D eigenvalue weighted by atomic mass is 9.76. The van der Waals surface area contributed by atoms with Crippen molar-refractivity contribution in [3.05, 3.63) is 0 Å². The third-order valence-electron chi connectivity index (χ3n) is 7.12. The van der Waals surface area contributed by atoms with Crippen LogP contribution in [0.4, 0.5) is 4.79 Å². The van der Waals surface area contributed by atoms with Gasteiger partial charge in [0.25, 0.3) is 0 Å². The summed E-state index contributed by atoms with van der Waals surface area (Å²) in [5.74, 6) is -1.38. The molecule has 2 N–H and O–H groups in total. The van der Waals surface area contributed by atoms with Gasteiger partial charge in [-0.15, -0.1) is 0 Å². The fourth-order valence-electron chi connectivity index (χ4n) is 5.03. The molecule has 35 heavy (non-hydrogen) atoms. The topological polar surface area (TPSA) is 129 Å². The first-order valence-electron chi connectivity index (χ1n) is 12.3. The largest absolute Gasteiger partial charge is 0.444 e. The van der Waals surface area contributed by atoms with Crippen LogP contribution in [-0.2, 0) is 23.9 Å². The van der Waals surface area contributed by atoms with E-state index in [1.165, 1.54) is 9.80 Å². The fourth-order valence-corrected chi connectivity index (χ4v) is 5.03. The lowest BCUT2D eigenvalue weighted by Crippen LogP contribution is -2.64. The Morgan fingerprint density at radius 1 is 1.20 bits per heavy atom. The highest BCUT2D eigenvalue weighted by atomic mass is 16.6. The molecular formula is C24H40N4O7. The number of fused-ring (bicyclic) bond motifs is 1. The van der Waals surface area contributed by atoms with Gasteiger partial charge in [0.05, 0.1) is 36.1 Å². The van der Waals surface area contributed by atoms with Gasteiger partial charge in [-0.25, -0.2) is 4.79 Å². The Morgan fingerprint density at radius 2 is 1.89 bits per heavy atom. The van der Waals surface area contributed by atoms with E-state index in [0.29, 0.717) is 26.0 Å². The van der Waals surface area contributed by atoms with E-state index in [9.17, 15) is 24.3 Å². The number of piperidine rings is 2. The SMILES string of the molecule is CN(C)C(=O)CNC(=O)[C@@H]1C[C@@H]2OCC[C@H]2N(C(=O)[C@]2(C)CN(C(=O)OC(C)(C)C)CC[C@H]2O)C1. The van der Waals surface area contributed by atoms with Crippen LogP contribution in [0.5, 0.6) is 0 Å². The van der Waals surface area contributed by atoms with Crippen molar-refractivity contribution in [2.45, 2.75) is 70.8 Å². The maximum atomic E-state index is 13.9. The molecule has 0 aromatic heterocycles. The quantitative estimate of drug-likeness (QED) is 0.569. The number of likely N-dealkylation sites (N-methyl/N-ethyl adjacent to an activating group) is 1. The number of aliphatic hydroxyl groups is 1. The molecule has 5 atom stereocenters. The molecule has 3 saturated heterocycles. The first-order valence-corrected chi connectivity index (χ1v) is 12.3. The van der Waals surface area contributed by atoms with Crippen LogP contribution in [0, 0.1) is 11.3 Å². The van der Waals surface area contributed by atoms with E-state index in [-0.39, 0.29) is 55.9 Å². The van der Waals surface area contributed by atoms with E-state index in [4.69, 9.17) is 9.47 Å². The zero-order valence-corrected chi connectivity index (χ0v) is 21.7. The summed E-state index contributed by atoms with van der Waals surface area (Å²) in [6, 6.07) is -0.198. The highest BCUT2D eigenvalue weighted by molar-refractivity contribution is 5.88. The number of hydrogen-bond acceptors (Lipinski definition) is 7. The Balaban J connectivity index is 1.76. The molecule has 3 aliphatic heterocycles. The molecule has 0 aromatic rings. The molecular weight excluding hydrogens is 456 g/mol. The van der Waals surface area contributed by atoms with Crippen molar-refractivity contribution in [3.8, 4) is 0 Å². The van der Waals surface area contributed by atoms with Gasteiger partial charge in [0, 0.05) is 40.3 Å². The monoisotopic (exact) mass is 496 g/mol. The number of ether oxygens (including phenoxy) is 2. The number of rotatable bonds is 4. The lowest BCUT2D eigenvalue weighted by Gasteiger charge is -2.48. The van der Waals surface area contributed by atoms with Gasteiger partial charge in [0.1, 0.15) is 5.60 Å². The van der Waals surface area contributed by atoms with Crippen LogP contribution in [0.3, 0.4) is 0 Å². The summed E-state index contributed by atoms with van der Waals surface area (Å²) in [5.41, 5.74) is -1.93. The van der Waals surface area contributed by atoms with E-state index < -0.39 is 29.1 Å². The van der Waals surface area contributed by atoms with Crippen LogP contribution >= 0.6 is 0 Å². The minimum atomic E-state index is -1.25. The van der Waals surface area contributed by atoms with Gasteiger partial charge in [0.2, 0.25) is 17.7 Å². The Morgan fingerprint density at radius 3 is 2.51 bits per heavy atom. The van der Waals surface area contributed by atoms with Gasteiger partial charge < -0.3 is 34.6 Å². The Labute approximate surface area is 207 Å². The van der Waals surface area contributed by atoms with Crippen LogP contribution in [0.25, 0.3) is 0 Å². The normalized spacial score (nSPS) is 30.9. The van der Waals surface area contributed by atoms with Crippen molar-refractivity contribution >= 4 is 23.8 Å². The minimum Gasteiger partial charge on any atom is -0.444 e. The summed E-state index contributed by atoms with van der Waals surface area (Å²) in [7, 11) is 3.23. The number of hydrogen-bond donors (Lipinski definition) is 2. The van der Waals surface area contributed by atoms with Crippen molar-refractivity contribution < 1.29 is 33.8 Å². The van der Waals surface area contributed by atoms with Crippen LogP contribution in [0.2, 0.25) is 0 Å². The molecule has 198 valence electrons. The molecule has 0 unspecified atom stereocenters. The maximum Gasteiger partial charge on any atom is 0.410 e. The van der Waals surface area contributed by atoms with Crippen molar-refractivity contribution in [2.24, 2.45) is 11.3 Å². The van der Waals surface area contributed by atoms with Gasteiger partial charge in [-0.05, 0) is 47.0 Å². The number of amides is 4. The number of carbonyl (C=O) groups excluding carboxylic acids is 4. The third-order valence-corrected chi connectivity index (χ3v) is 7.12. The van der Waals surface area contributed by atoms with Crippen LogP contribution in [0.1, 0.15) is 47.0 Å². The molecule has 0 spiro atoms. The molecule has 0 aromatic carbocycles. The van der Waals surface area contributed by atoms with Crippen molar-refractivity contribution in [1.29, 1.82) is 0 Å². The van der Waals surface area contributed by atoms with E-state index in [0.717, 1.165) is 0 Å². The van der Waals surface area contributed by atoms with E-state index in [1.54, 1.807) is 46.7 Å². The molecule has 11 nitrogen and oxygen atoms in total. The Kier molecular flexibility index (Phi) is 8.00. The maximum absolute atomic E-state index is 13.9. The molecule has 0 radical (unpaired) electrons. The lowest BCUT2D eigenvalue weighted by molar-refractivity contribution is -0.161. The summed E-state index contributed by atoms with van der Waals surface area (Å²) in [5, 5.41) is 13.6. The van der Waals surface area contributed by atoms with Gasteiger partial charge in [-0.2, -0.15) is 0 Å². The predicted molar refractivity (Wildman–Crippen MR) is 126 cm³/mol. The molecule has 4 amide bonds. The molecule has 3 heterocycles. The average Bonchev–Trinajstić information content (AvgIpc) is 3.25. The number of likely N-dealkylation sites (tertiary alicyclic amines) is 2. The predicted octanol–water partition coefficient (Wildman–Crippen LogP) is 0.205. The second kappa shape index (κ2) is 10.3. The van der Waals surface area contributed by atoms with Crippen LogP contribution < -0.4 is 5.32 Å². The number of nitrogens with zero attached hydrogens (tertiary/aromatic N) is 3. The van der Waals surface area contributed by atoms with Crippen LogP contribution in [-0.4, -0.2) is 114 Å². The van der Waals surface area contributed by atoms with Gasteiger partial charge in [-0.1, -0.05) is 0 Å². The van der Waals surface area contributed by atoms with E-state index >= 15 is 0 Å². The highest BCUT2D eigenvalue weighted by Gasteiger charge is 2.53. The smallest absolute Gasteiger partial charge is 0.410 e. The summed E-state index contributed by atoms with van der Waals surface area (Å²) in [4.78, 5) is 55.9. The summed E-state index contributed by atoms with van der Waals surface area (Å²) < 4.78 is 11.3. The zero-order valence-electron chi connectivity index (χ0n) is 21.7. The second-order valence-electron chi connectivity index (χ2n) is 11.3. The standard InChI is InChI=1S/C24H40N4O7/c1-23(2,3)35-22(33)27-9-7-18(29)24(4,14-27)21(32)28-13-15(11-17-16(28)8-10-34-17)20(31)25-12-19(30)26(5)6/h15-18,29H,7-14H2,1-6H3,(H,25,31)/t15-,16-,17+,18-,24-/m1/s1. The van der Waals surface area contributed by atoms with E-state index in [2.05, 4.69) is 5.32 Å². The summed E-state index contributed by atoms with van der Waals surface area (Å²) >= 11 is 0. The van der Waals surface area contributed by atoms with Gasteiger partial charge in [0.15, 0.2) is 0 Å². The molecule has 0 saturated carbocycles. The van der Waals surface area contributed by atoms with Gasteiger partial charge >= 0.3 is 6.09 Å². The van der Waals surface area contributed by atoms with Crippen LogP contribution in [0.15, 0.2) is 0 Å². The first kappa shape index (κ1) is 27.2. The molecule has 3 rings (SSSR count). The summed E-state index contributed by atoms with van der Waals surface area (Å²) in [6.45, 7) is 7.84. The Bertz CT molecular complexity index is 842.